The smallest absolute Gasteiger partial charge is 0.114 e. The third-order valence-corrected chi connectivity index (χ3v) is 0.633. The summed E-state index contributed by atoms with van der Waals surface area (Å²) >= 11 is 0. The molecule has 0 rings (SSSR count). The Morgan fingerprint density at radius 2 is 2.50 bits per heavy atom. The molecule has 0 bridgehead atoms. The van der Waals surface area contributed by atoms with Gasteiger partial charge in [0.2, 0.25) is 0 Å². The third-order valence-electron chi connectivity index (χ3n) is 0.633. The predicted octanol–water partition coefficient (Wildman–Crippen LogP) is 1.58. The molecule has 0 aliphatic heterocycles. The van der Waals surface area contributed by atoms with Crippen LogP contribution in [0.1, 0.15) is 13.8 Å². The Balaban J connectivity index is 3.40. The molecule has 0 aromatic heterocycles. The third kappa shape index (κ3) is 3.40. The van der Waals surface area contributed by atoms with Crippen LogP contribution in [0.4, 0.5) is 0 Å². The minimum absolute atomic E-state index is 0.616. The van der Waals surface area contributed by atoms with Crippen molar-refractivity contribution in [2.45, 2.75) is 13.8 Å². The molecule has 0 unspecified atom stereocenters. The van der Waals surface area contributed by atoms with E-state index >= 15 is 0 Å². The van der Waals surface area contributed by atoms with Crippen molar-refractivity contribution in [2.24, 2.45) is 5.16 Å². The van der Waals surface area contributed by atoms with Gasteiger partial charge in [-0.1, -0.05) is 11.7 Å². The van der Waals surface area contributed by atoms with E-state index in [9.17, 15) is 0 Å². The first kappa shape index (κ1) is 7.21. The van der Waals surface area contributed by atoms with Gasteiger partial charge in [-0.2, -0.15) is 0 Å². The van der Waals surface area contributed by atoms with Crippen molar-refractivity contribution in [3.8, 4) is 0 Å². The molecular formula is C6H11NO. The average Bonchev–Trinajstić information content (AvgIpc) is 1.83. The molecule has 0 heterocycles. The van der Waals surface area contributed by atoms with Crippen molar-refractivity contribution in [3.05, 3.63) is 12.7 Å². The Kier molecular flexibility index (Phi) is 3.94. The first-order valence-corrected chi connectivity index (χ1v) is 2.60. The van der Waals surface area contributed by atoms with Gasteiger partial charge in [0.15, 0.2) is 0 Å². The fourth-order valence-electron chi connectivity index (χ4n) is 0.204. The number of allylic oxidation sites excluding steroid dienone is 1. The Morgan fingerprint density at radius 3 is 2.88 bits per heavy atom. The highest BCUT2D eigenvalue weighted by atomic mass is 16.6. The van der Waals surface area contributed by atoms with Crippen molar-refractivity contribution in [3.63, 3.8) is 0 Å². The summed E-state index contributed by atoms with van der Waals surface area (Å²) in [6, 6.07) is 0. The summed E-state index contributed by atoms with van der Waals surface area (Å²) in [7, 11) is 0. The molecule has 8 heavy (non-hydrogen) atoms. The van der Waals surface area contributed by atoms with Gasteiger partial charge >= 0.3 is 0 Å². The molecule has 0 aromatic carbocycles. The van der Waals surface area contributed by atoms with Gasteiger partial charge in [0.05, 0.1) is 5.71 Å². The molecule has 0 spiro atoms. The van der Waals surface area contributed by atoms with Gasteiger partial charge in [0.25, 0.3) is 0 Å². The van der Waals surface area contributed by atoms with E-state index in [2.05, 4.69) is 11.7 Å². The molecule has 0 saturated heterocycles. The van der Waals surface area contributed by atoms with Crippen LogP contribution in [0.5, 0.6) is 0 Å². The highest BCUT2D eigenvalue weighted by molar-refractivity contribution is 5.91. The Labute approximate surface area is 49.8 Å². The summed E-state index contributed by atoms with van der Waals surface area (Å²) in [5.74, 6) is 0. The van der Waals surface area contributed by atoms with Gasteiger partial charge in [-0.3, -0.25) is 0 Å². The van der Waals surface area contributed by atoms with Gasteiger partial charge in [-0.25, -0.2) is 0 Å². The van der Waals surface area contributed by atoms with Crippen LogP contribution in [0.2, 0.25) is 0 Å². The quantitative estimate of drug-likeness (QED) is 0.402. The van der Waals surface area contributed by atoms with Crippen LogP contribution < -0.4 is 0 Å². The van der Waals surface area contributed by atoms with Crippen LogP contribution in [-0.4, -0.2) is 12.3 Å². The maximum Gasteiger partial charge on any atom is 0.114 e. The lowest BCUT2D eigenvalue weighted by atomic mass is 10.4. The summed E-state index contributed by atoms with van der Waals surface area (Å²) in [4.78, 5) is 4.70. The van der Waals surface area contributed by atoms with E-state index in [0.29, 0.717) is 6.61 Å². The van der Waals surface area contributed by atoms with Crippen molar-refractivity contribution in [2.75, 3.05) is 6.61 Å². The number of hydrogen-bond donors (Lipinski definition) is 0. The highest BCUT2D eigenvalue weighted by Gasteiger charge is 1.77. The summed E-state index contributed by atoms with van der Waals surface area (Å²) in [5, 5.41) is 3.66. The van der Waals surface area contributed by atoms with E-state index in [-0.39, 0.29) is 0 Å². The molecular weight excluding hydrogens is 102 g/mol. The summed E-state index contributed by atoms with van der Waals surface area (Å²) in [6.45, 7) is 7.84. The standard InChI is InChI=1S/C6H11NO/c1-4-6(3)7-8-5-2/h4H,1,5H2,2-3H3/b7-6-. The minimum Gasteiger partial charge on any atom is -0.396 e. The molecule has 0 amide bonds. The van der Waals surface area contributed by atoms with E-state index in [0.717, 1.165) is 5.71 Å². The van der Waals surface area contributed by atoms with Gasteiger partial charge in [-0.05, 0) is 19.9 Å². The molecule has 0 atom stereocenters. The van der Waals surface area contributed by atoms with Gasteiger partial charge in [0, 0.05) is 0 Å². The van der Waals surface area contributed by atoms with Crippen LogP contribution in [0, 0.1) is 0 Å². The predicted molar refractivity (Wildman–Crippen MR) is 34.9 cm³/mol. The first-order chi connectivity index (χ1) is 3.81. The van der Waals surface area contributed by atoms with E-state index in [1.165, 1.54) is 0 Å². The molecule has 0 saturated carbocycles. The second-order valence-corrected chi connectivity index (χ2v) is 1.35. The molecule has 0 fully saturated rings. The summed E-state index contributed by atoms with van der Waals surface area (Å²) in [6.07, 6.45) is 1.65. The Morgan fingerprint density at radius 1 is 1.88 bits per heavy atom. The van der Waals surface area contributed by atoms with E-state index in [4.69, 9.17) is 4.84 Å². The number of hydrogen-bond acceptors (Lipinski definition) is 2. The van der Waals surface area contributed by atoms with Crippen molar-refractivity contribution in [1.82, 2.24) is 0 Å². The molecule has 0 N–H and O–H groups in total. The summed E-state index contributed by atoms with van der Waals surface area (Å²) in [5.41, 5.74) is 0.812. The van der Waals surface area contributed by atoms with Crippen LogP contribution in [-0.2, 0) is 4.84 Å². The van der Waals surface area contributed by atoms with Gasteiger partial charge < -0.3 is 4.84 Å². The second kappa shape index (κ2) is 4.37. The SMILES string of the molecule is C=C/C(C)=N\OCC. The first-order valence-electron chi connectivity index (χ1n) is 2.60. The molecule has 0 radical (unpaired) electrons. The Hall–Kier alpha value is -0.790. The van der Waals surface area contributed by atoms with Crippen molar-refractivity contribution >= 4 is 5.71 Å². The number of rotatable bonds is 3. The molecule has 0 aromatic rings. The number of oxime groups is 1. The van der Waals surface area contributed by atoms with Crippen LogP contribution in [0.25, 0.3) is 0 Å². The van der Waals surface area contributed by atoms with Crippen LogP contribution >= 0.6 is 0 Å². The fourth-order valence-corrected chi connectivity index (χ4v) is 0.204. The van der Waals surface area contributed by atoms with Crippen LogP contribution in [0.15, 0.2) is 17.8 Å². The average molecular weight is 113 g/mol. The molecule has 2 nitrogen and oxygen atoms in total. The zero-order chi connectivity index (χ0) is 6.41. The van der Waals surface area contributed by atoms with E-state index in [1.807, 2.05) is 13.8 Å². The van der Waals surface area contributed by atoms with Gasteiger partial charge in [0.1, 0.15) is 6.61 Å². The second-order valence-electron chi connectivity index (χ2n) is 1.35. The lowest BCUT2D eigenvalue weighted by molar-refractivity contribution is 0.159. The van der Waals surface area contributed by atoms with Gasteiger partial charge in [-0.15, -0.1) is 0 Å². The fraction of sp³-hybridized carbons (Fsp3) is 0.500. The molecule has 46 valence electrons. The van der Waals surface area contributed by atoms with Crippen LogP contribution in [0.3, 0.4) is 0 Å². The summed E-state index contributed by atoms with van der Waals surface area (Å²) < 4.78 is 0. The molecule has 2 heteroatoms. The zero-order valence-electron chi connectivity index (χ0n) is 5.35. The minimum atomic E-state index is 0.616. The van der Waals surface area contributed by atoms with Crippen molar-refractivity contribution < 1.29 is 4.84 Å². The maximum absolute atomic E-state index is 4.70. The Bertz CT molecular complexity index is 96.7. The maximum atomic E-state index is 4.70. The zero-order valence-corrected chi connectivity index (χ0v) is 5.35. The lowest BCUT2D eigenvalue weighted by Gasteiger charge is -1.90. The normalized spacial score (nSPS) is 11.0. The highest BCUT2D eigenvalue weighted by Crippen LogP contribution is 1.79. The lowest BCUT2D eigenvalue weighted by Crippen LogP contribution is -1.86. The molecule has 0 aliphatic carbocycles. The topological polar surface area (TPSA) is 21.6 Å². The largest absolute Gasteiger partial charge is 0.396 e. The van der Waals surface area contributed by atoms with E-state index < -0.39 is 0 Å². The van der Waals surface area contributed by atoms with Crippen molar-refractivity contribution in [1.29, 1.82) is 0 Å². The monoisotopic (exact) mass is 113 g/mol. The number of nitrogens with zero attached hydrogens (tertiary/aromatic N) is 1. The van der Waals surface area contributed by atoms with E-state index in [1.54, 1.807) is 6.08 Å². The molecule has 0 aliphatic rings.